The molecule has 90 valence electrons. The van der Waals surface area contributed by atoms with Crippen LogP contribution in [0.2, 0.25) is 0 Å². The Hall–Kier alpha value is -0.0400. The number of rotatable bonds is 10. The average Bonchev–Trinajstić information content (AvgIpc) is 3.01. The van der Waals surface area contributed by atoms with Crippen molar-refractivity contribution in [2.75, 3.05) is 0 Å². The zero-order chi connectivity index (χ0) is 10.9. The molecule has 1 saturated heterocycles. The van der Waals surface area contributed by atoms with Crippen molar-refractivity contribution < 1.29 is 0 Å². The lowest BCUT2D eigenvalue weighted by Crippen LogP contribution is -1.92. The predicted molar refractivity (Wildman–Crippen MR) is 68.2 cm³/mol. The van der Waals surface area contributed by atoms with Crippen LogP contribution in [0.4, 0.5) is 0 Å². The molecule has 0 aliphatic carbocycles. The number of nitrogens with one attached hydrogen (secondary N) is 1. The second-order valence-electron chi connectivity index (χ2n) is 5.05. The molecule has 1 fully saturated rings. The standard InChI is InChI=1S/C14H29N/c1-3-5-6-7-8-9-10-11-12-14-13(4-2)15-14/h13-15H,3-12H2,1-2H3. The van der Waals surface area contributed by atoms with Gasteiger partial charge >= 0.3 is 0 Å². The van der Waals surface area contributed by atoms with Crippen molar-refractivity contribution in [3.05, 3.63) is 0 Å². The fourth-order valence-electron chi connectivity index (χ4n) is 2.40. The van der Waals surface area contributed by atoms with Crippen LogP contribution in [0.15, 0.2) is 0 Å². The Labute approximate surface area is 96.0 Å². The largest absolute Gasteiger partial charge is 0.308 e. The van der Waals surface area contributed by atoms with Crippen molar-refractivity contribution in [3.63, 3.8) is 0 Å². The second-order valence-corrected chi connectivity index (χ2v) is 5.05. The SMILES string of the molecule is CCCCCCCCCCC1NC1CC. The van der Waals surface area contributed by atoms with Crippen molar-refractivity contribution >= 4 is 0 Å². The van der Waals surface area contributed by atoms with E-state index in [4.69, 9.17) is 0 Å². The lowest BCUT2D eigenvalue weighted by Gasteiger charge is -2.00. The van der Waals surface area contributed by atoms with E-state index >= 15 is 0 Å². The second kappa shape index (κ2) is 8.15. The van der Waals surface area contributed by atoms with E-state index in [-0.39, 0.29) is 0 Å². The summed E-state index contributed by atoms with van der Waals surface area (Å²) in [5.74, 6) is 0. The van der Waals surface area contributed by atoms with Gasteiger partial charge in [-0.3, -0.25) is 0 Å². The highest BCUT2D eigenvalue weighted by molar-refractivity contribution is 4.96. The molecule has 0 bridgehead atoms. The van der Waals surface area contributed by atoms with E-state index in [1.807, 2.05) is 0 Å². The summed E-state index contributed by atoms with van der Waals surface area (Å²) < 4.78 is 0. The molecular formula is C14H29N. The molecule has 2 unspecified atom stereocenters. The molecule has 0 radical (unpaired) electrons. The van der Waals surface area contributed by atoms with Gasteiger partial charge in [-0.05, 0) is 12.8 Å². The highest BCUT2D eigenvalue weighted by Crippen LogP contribution is 2.21. The first-order chi connectivity index (χ1) is 7.38. The summed E-state index contributed by atoms with van der Waals surface area (Å²) >= 11 is 0. The van der Waals surface area contributed by atoms with Crippen LogP contribution in [0.1, 0.15) is 78.1 Å². The molecule has 1 aliphatic heterocycles. The normalized spacial score (nSPS) is 24.4. The monoisotopic (exact) mass is 211 g/mol. The van der Waals surface area contributed by atoms with Crippen LogP contribution >= 0.6 is 0 Å². The van der Waals surface area contributed by atoms with Gasteiger partial charge in [0, 0.05) is 12.1 Å². The third kappa shape index (κ3) is 6.19. The molecule has 2 atom stereocenters. The molecule has 1 aliphatic rings. The molecule has 1 N–H and O–H groups in total. The third-order valence-electron chi connectivity index (χ3n) is 3.61. The molecule has 0 aromatic rings. The number of hydrogen-bond donors (Lipinski definition) is 1. The molecule has 1 rings (SSSR count). The Balaban J connectivity index is 1.71. The summed E-state index contributed by atoms with van der Waals surface area (Å²) in [5.41, 5.74) is 0. The first kappa shape index (κ1) is 13.0. The van der Waals surface area contributed by atoms with Gasteiger partial charge in [0.05, 0.1) is 0 Å². The van der Waals surface area contributed by atoms with E-state index in [1.54, 1.807) is 0 Å². The zero-order valence-electron chi connectivity index (χ0n) is 10.7. The van der Waals surface area contributed by atoms with Crippen LogP contribution in [0.5, 0.6) is 0 Å². The Morgan fingerprint density at radius 1 is 0.733 bits per heavy atom. The minimum atomic E-state index is 0.870. The zero-order valence-corrected chi connectivity index (χ0v) is 10.7. The topological polar surface area (TPSA) is 21.9 Å². The van der Waals surface area contributed by atoms with Crippen LogP contribution in [0.25, 0.3) is 0 Å². The molecule has 0 saturated carbocycles. The van der Waals surface area contributed by atoms with Gasteiger partial charge in [0.2, 0.25) is 0 Å². The van der Waals surface area contributed by atoms with E-state index in [1.165, 1.54) is 64.2 Å². The Kier molecular flexibility index (Phi) is 7.08. The first-order valence-electron chi connectivity index (χ1n) is 7.14. The Morgan fingerprint density at radius 2 is 1.33 bits per heavy atom. The van der Waals surface area contributed by atoms with Gasteiger partial charge in [-0.1, -0.05) is 65.2 Å². The van der Waals surface area contributed by atoms with Crippen molar-refractivity contribution in [1.82, 2.24) is 5.32 Å². The molecule has 0 amide bonds. The summed E-state index contributed by atoms with van der Waals surface area (Å²) in [5, 5.41) is 3.54. The average molecular weight is 211 g/mol. The summed E-state index contributed by atoms with van der Waals surface area (Å²) in [7, 11) is 0. The number of hydrogen-bond acceptors (Lipinski definition) is 1. The van der Waals surface area contributed by atoms with E-state index in [0.29, 0.717) is 0 Å². The van der Waals surface area contributed by atoms with Gasteiger partial charge in [-0.15, -0.1) is 0 Å². The molecule has 1 heteroatoms. The smallest absolute Gasteiger partial charge is 0.0224 e. The molecule has 0 aromatic carbocycles. The van der Waals surface area contributed by atoms with E-state index in [0.717, 1.165) is 12.1 Å². The minimum Gasteiger partial charge on any atom is -0.308 e. The lowest BCUT2D eigenvalue weighted by molar-refractivity contribution is 0.560. The summed E-state index contributed by atoms with van der Waals surface area (Å²) in [6, 6.07) is 1.75. The van der Waals surface area contributed by atoms with Crippen molar-refractivity contribution in [3.8, 4) is 0 Å². The van der Waals surface area contributed by atoms with Crippen LogP contribution in [0, 0.1) is 0 Å². The maximum Gasteiger partial charge on any atom is 0.0224 e. The van der Waals surface area contributed by atoms with E-state index < -0.39 is 0 Å². The highest BCUT2D eigenvalue weighted by Gasteiger charge is 2.32. The third-order valence-corrected chi connectivity index (χ3v) is 3.61. The van der Waals surface area contributed by atoms with Crippen LogP contribution in [-0.2, 0) is 0 Å². The maximum atomic E-state index is 3.54. The van der Waals surface area contributed by atoms with Crippen molar-refractivity contribution in [2.24, 2.45) is 0 Å². The maximum absolute atomic E-state index is 3.54. The summed E-state index contributed by atoms with van der Waals surface area (Å²) in [6.07, 6.45) is 14.3. The van der Waals surface area contributed by atoms with Gasteiger partial charge < -0.3 is 5.32 Å². The molecular weight excluding hydrogens is 182 g/mol. The van der Waals surface area contributed by atoms with Crippen LogP contribution in [-0.4, -0.2) is 12.1 Å². The van der Waals surface area contributed by atoms with Gasteiger partial charge in [-0.25, -0.2) is 0 Å². The summed E-state index contributed by atoms with van der Waals surface area (Å²) in [4.78, 5) is 0. The molecule has 15 heavy (non-hydrogen) atoms. The van der Waals surface area contributed by atoms with Crippen LogP contribution in [0.3, 0.4) is 0 Å². The molecule has 0 aromatic heterocycles. The van der Waals surface area contributed by atoms with E-state index in [2.05, 4.69) is 19.2 Å². The Bertz CT molecular complexity index is 144. The van der Waals surface area contributed by atoms with Gasteiger partial charge in [0.1, 0.15) is 0 Å². The summed E-state index contributed by atoms with van der Waals surface area (Å²) in [6.45, 7) is 4.57. The quantitative estimate of drug-likeness (QED) is 0.423. The van der Waals surface area contributed by atoms with Crippen molar-refractivity contribution in [1.29, 1.82) is 0 Å². The van der Waals surface area contributed by atoms with Gasteiger partial charge in [-0.2, -0.15) is 0 Å². The fraction of sp³-hybridized carbons (Fsp3) is 1.00. The minimum absolute atomic E-state index is 0.870. The lowest BCUT2D eigenvalue weighted by atomic mass is 10.1. The molecule has 1 heterocycles. The van der Waals surface area contributed by atoms with Crippen LogP contribution < -0.4 is 5.32 Å². The Morgan fingerprint density at radius 3 is 1.87 bits per heavy atom. The van der Waals surface area contributed by atoms with E-state index in [9.17, 15) is 0 Å². The van der Waals surface area contributed by atoms with Gasteiger partial charge in [0.15, 0.2) is 0 Å². The fourth-order valence-corrected chi connectivity index (χ4v) is 2.40. The van der Waals surface area contributed by atoms with Gasteiger partial charge in [0.25, 0.3) is 0 Å². The van der Waals surface area contributed by atoms with Crippen molar-refractivity contribution in [2.45, 2.75) is 90.1 Å². The molecule has 0 spiro atoms. The number of unbranched alkanes of at least 4 members (excludes halogenated alkanes) is 7. The predicted octanol–water partition coefficient (Wildman–Crippen LogP) is 4.27. The molecule has 1 nitrogen and oxygen atoms in total. The highest BCUT2D eigenvalue weighted by atomic mass is 15.1. The first-order valence-corrected chi connectivity index (χ1v) is 7.14.